The second kappa shape index (κ2) is 7.95. The Balaban J connectivity index is 2.47. The fourth-order valence-corrected chi connectivity index (χ4v) is 1.66. The highest BCUT2D eigenvalue weighted by molar-refractivity contribution is 5.24. The molecule has 1 N–H and O–H groups in total. The van der Waals surface area contributed by atoms with E-state index in [1.807, 2.05) is 19.9 Å². The number of hydrogen-bond acceptors (Lipinski definition) is 3. The molecule has 1 rings (SSSR count). The molecule has 1 aromatic heterocycles. The summed E-state index contributed by atoms with van der Waals surface area (Å²) in [6, 6.07) is 4.03. The molecule has 0 aliphatic rings. The summed E-state index contributed by atoms with van der Waals surface area (Å²) in [6.07, 6.45) is 0.873. The first-order valence-electron chi connectivity index (χ1n) is 6.93. The van der Waals surface area contributed by atoms with E-state index in [9.17, 15) is 0 Å². The minimum Gasteiger partial charge on any atom is -0.477 e. The van der Waals surface area contributed by atoms with E-state index in [4.69, 9.17) is 4.74 Å². The Morgan fingerprint density at radius 3 is 2.74 bits per heavy atom. The summed E-state index contributed by atoms with van der Waals surface area (Å²) >= 11 is 0. The van der Waals surface area contributed by atoms with Crippen LogP contribution in [0, 0.1) is 12.8 Å². The highest BCUT2D eigenvalue weighted by atomic mass is 16.5. The molecule has 0 saturated heterocycles. The molecule has 0 aliphatic heterocycles. The molecular weight excluding hydrogens is 236 g/mol. The van der Waals surface area contributed by atoms with Crippen molar-refractivity contribution in [2.45, 2.75) is 40.7 Å². The third-order valence-corrected chi connectivity index (χ3v) is 2.82. The van der Waals surface area contributed by atoms with E-state index >= 15 is 0 Å². The molecule has 0 atom stereocenters. The summed E-state index contributed by atoms with van der Waals surface area (Å²) < 4.78 is 5.60. The first kappa shape index (κ1) is 15.7. The normalized spacial score (nSPS) is 10.8. The Kier molecular flexibility index (Phi) is 6.57. The summed E-state index contributed by atoms with van der Waals surface area (Å²) in [5.41, 5.74) is 3.39. The van der Waals surface area contributed by atoms with Gasteiger partial charge in [0.25, 0.3) is 0 Å². The summed E-state index contributed by atoms with van der Waals surface area (Å²) in [4.78, 5) is 4.48. The van der Waals surface area contributed by atoms with Crippen molar-refractivity contribution in [3.05, 3.63) is 35.5 Å². The van der Waals surface area contributed by atoms with Gasteiger partial charge in [-0.05, 0) is 31.9 Å². The van der Waals surface area contributed by atoms with E-state index in [2.05, 4.69) is 36.8 Å². The zero-order chi connectivity index (χ0) is 14.3. The fourth-order valence-electron chi connectivity index (χ4n) is 1.66. The maximum absolute atomic E-state index is 5.60. The van der Waals surface area contributed by atoms with Crippen LogP contribution in [-0.4, -0.2) is 18.1 Å². The molecular formula is C16H26N2O. The molecule has 0 bridgehead atoms. The molecule has 0 aliphatic carbocycles. The van der Waals surface area contributed by atoms with Gasteiger partial charge in [-0.2, -0.15) is 0 Å². The number of rotatable bonds is 8. The van der Waals surface area contributed by atoms with Crippen molar-refractivity contribution in [3.8, 4) is 5.88 Å². The minimum atomic E-state index is 0.646. The summed E-state index contributed by atoms with van der Waals surface area (Å²) in [7, 11) is 0. The van der Waals surface area contributed by atoms with Gasteiger partial charge >= 0.3 is 0 Å². The van der Waals surface area contributed by atoms with Crippen LogP contribution in [0.2, 0.25) is 0 Å². The SMILES string of the molecule is C=C(C)CCOc1ccc(CNCC(C)C)c(C)n1. The van der Waals surface area contributed by atoms with Crippen LogP contribution in [0.4, 0.5) is 0 Å². The number of nitrogens with one attached hydrogen (secondary N) is 1. The number of pyridine rings is 1. The summed E-state index contributed by atoms with van der Waals surface area (Å²) in [6.45, 7) is 14.8. The van der Waals surface area contributed by atoms with Crippen LogP contribution in [0.3, 0.4) is 0 Å². The molecule has 3 heteroatoms. The van der Waals surface area contributed by atoms with Gasteiger partial charge in [-0.15, -0.1) is 6.58 Å². The smallest absolute Gasteiger partial charge is 0.213 e. The molecule has 1 aromatic rings. The largest absolute Gasteiger partial charge is 0.477 e. The third-order valence-electron chi connectivity index (χ3n) is 2.82. The summed E-state index contributed by atoms with van der Waals surface area (Å²) in [5.74, 6) is 1.37. The van der Waals surface area contributed by atoms with Gasteiger partial charge in [0.05, 0.1) is 6.61 Å². The lowest BCUT2D eigenvalue weighted by Crippen LogP contribution is -2.19. The molecule has 0 amide bonds. The number of nitrogens with zero attached hydrogens (tertiary/aromatic N) is 1. The first-order valence-corrected chi connectivity index (χ1v) is 6.93. The molecule has 0 aromatic carbocycles. The van der Waals surface area contributed by atoms with Crippen molar-refractivity contribution < 1.29 is 4.74 Å². The average molecular weight is 262 g/mol. The molecule has 19 heavy (non-hydrogen) atoms. The number of aromatic nitrogens is 1. The Morgan fingerprint density at radius 1 is 1.42 bits per heavy atom. The molecule has 0 fully saturated rings. The van der Waals surface area contributed by atoms with Gasteiger partial charge in [-0.1, -0.05) is 25.5 Å². The Bertz CT molecular complexity index is 413. The maximum Gasteiger partial charge on any atom is 0.213 e. The van der Waals surface area contributed by atoms with Crippen LogP contribution in [0.25, 0.3) is 0 Å². The Hall–Kier alpha value is -1.35. The van der Waals surface area contributed by atoms with Gasteiger partial charge in [0.15, 0.2) is 0 Å². The molecule has 3 nitrogen and oxygen atoms in total. The lowest BCUT2D eigenvalue weighted by Gasteiger charge is -2.11. The van der Waals surface area contributed by atoms with E-state index in [1.54, 1.807) is 0 Å². The second-order valence-electron chi connectivity index (χ2n) is 5.47. The van der Waals surface area contributed by atoms with E-state index < -0.39 is 0 Å². The number of aryl methyl sites for hydroxylation is 1. The van der Waals surface area contributed by atoms with Crippen molar-refractivity contribution >= 4 is 0 Å². The number of ether oxygens (including phenoxy) is 1. The van der Waals surface area contributed by atoms with Gasteiger partial charge in [0, 0.05) is 24.7 Å². The predicted octanol–water partition coefficient (Wildman–Crippen LogP) is 3.48. The monoisotopic (exact) mass is 262 g/mol. The average Bonchev–Trinajstić information content (AvgIpc) is 2.31. The zero-order valence-electron chi connectivity index (χ0n) is 12.6. The van der Waals surface area contributed by atoms with Gasteiger partial charge in [0.1, 0.15) is 0 Å². The van der Waals surface area contributed by atoms with Crippen molar-refractivity contribution in [1.82, 2.24) is 10.3 Å². The van der Waals surface area contributed by atoms with E-state index in [0.717, 1.165) is 30.8 Å². The van der Waals surface area contributed by atoms with Crippen LogP contribution in [0.5, 0.6) is 5.88 Å². The van der Waals surface area contributed by atoms with E-state index in [1.165, 1.54) is 5.56 Å². The van der Waals surface area contributed by atoms with Crippen LogP contribution in [0.15, 0.2) is 24.3 Å². The van der Waals surface area contributed by atoms with Crippen molar-refractivity contribution in [3.63, 3.8) is 0 Å². The molecule has 0 saturated carbocycles. The fraction of sp³-hybridized carbons (Fsp3) is 0.562. The quantitative estimate of drug-likeness (QED) is 0.728. The highest BCUT2D eigenvalue weighted by Gasteiger charge is 2.03. The molecule has 106 valence electrons. The second-order valence-corrected chi connectivity index (χ2v) is 5.47. The molecule has 0 unspecified atom stereocenters. The Morgan fingerprint density at radius 2 is 2.16 bits per heavy atom. The van der Waals surface area contributed by atoms with Gasteiger partial charge in [0.2, 0.25) is 5.88 Å². The van der Waals surface area contributed by atoms with Crippen molar-refractivity contribution in [2.75, 3.05) is 13.2 Å². The maximum atomic E-state index is 5.60. The van der Waals surface area contributed by atoms with Gasteiger partial charge < -0.3 is 10.1 Å². The van der Waals surface area contributed by atoms with Crippen LogP contribution in [0.1, 0.15) is 38.4 Å². The molecule has 1 heterocycles. The number of hydrogen-bond donors (Lipinski definition) is 1. The molecule has 0 spiro atoms. The van der Waals surface area contributed by atoms with E-state index in [0.29, 0.717) is 18.4 Å². The Labute approximate surface area is 117 Å². The standard InChI is InChI=1S/C16H26N2O/c1-12(2)8-9-19-16-7-6-15(14(5)18-16)11-17-10-13(3)4/h6-7,13,17H,1,8-11H2,2-5H3. The third kappa shape index (κ3) is 6.39. The van der Waals surface area contributed by atoms with Crippen LogP contribution >= 0.6 is 0 Å². The van der Waals surface area contributed by atoms with Crippen molar-refractivity contribution in [1.29, 1.82) is 0 Å². The topological polar surface area (TPSA) is 34.1 Å². The van der Waals surface area contributed by atoms with Gasteiger partial charge in [-0.25, -0.2) is 4.98 Å². The lowest BCUT2D eigenvalue weighted by atomic mass is 10.2. The van der Waals surface area contributed by atoms with Gasteiger partial charge in [-0.3, -0.25) is 0 Å². The minimum absolute atomic E-state index is 0.646. The highest BCUT2D eigenvalue weighted by Crippen LogP contribution is 2.13. The lowest BCUT2D eigenvalue weighted by molar-refractivity contribution is 0.308. The first-order chi connectivity index (χ1) is 8.99. The summed E-state index contributed by atoms with van der Waals surface area (Å²) in [5, 5.41) is 3.43. The van der Waals surface area contributed by atoms with E-state index in [-0.39, 0.29) is 0 Å². The van der Waals surface area contributed by atoms with Crippen LogP contribution in [-0.2, 0) is 6.54 Å². The molecule has 0 radical (unpaired) electrons. The van der Waals surface area contributed by atoms with Crippen LogP contribution < -0.4 is 10.1 Å². The van der Waals surface area contributed by atoms with Crippen molar-refractivity contribution in [2.24, 2.45) is 5.92 Å². The predicted molar refractivity (Wildman–Crippen MR) is 80.4 cm³/mol. The zero-order valence-corrected chi connectivity index (χ0v) is 12.6.